The Bertz CT molecular complexity index is 749. The summed E-state index contributed by atoms with van der Waals surface area (Å²) in [6.45, 7) is 4.78. The van der Waals surface area contributed by atoms with Gasteiger partial charge in [0, 0.05) is 25.7 Å². The molecule has 25 heavy (non-hydrogen) atoms. The van der Waals surface area contributed by atoms with Gasteiger partial charge in [0.15, 0.2) is 5.82 Å². The smallest absolute Gasteiger partial charge is 0.246 e. The maximum atomic E-state index is 12.0. The predicted molar refractivity (Wildman–Crippen MR) is 88.3 cm³/mol. The molecule has 0 aromatic carbocycles. The monoisotopic (exact) mass is 372 g/mol. The van der Waals surface area contributed by atoms with Gasteiger partial charge in [0.1, 0.15) is 6.61 Å². The number of rotatable bonds is 6. The minimum absolute atomic E-state index is 0.0273. The molecule has 2 aliphatic rings. The van der Waals surface area contributed by atoms with Crippen LogP contribution in [0.4, 0.5) is 0 Å². The average Bonchev–Trinajstić information content (AvgIpc) is 3.16. The predicted octanol–water partition coefficient (Wildman–Crippen LogP) is -0.178. The highest BCUT2D eigenvalue weighted by Crippen LogP contribution is 2.50. The van der Waals surface area contributed by atoms with Crippen LogP contribution in [0.1, 0.15) is 31.5 Å². The zero-order valence-corrected chi connectivity index (χ0v) is 15.5. The lowest BCUT2D eigenvalue weighted by molar-refractivity contribution is -0.126. The fraction of sp³-hybridized carbons (Fsp3) is 0.800. The van der Waals surface area contributed by atoms with E-state index in [-0.39, 0.29) is 24.5 Å². The Balaban J connectivity index is 1.80. The number of ether oxygens (including phenoxy) is 1. The molecule has 0 bridgehead atoms. The highest BCUT2D eigenvalue weighted by atomic mass is 32.2. The first-order valence-corrected chi connectivity index (χ1v) is 10.2. The lowest BCUT2D eigenvalue weighted by Gasteiger charge is -2.24. The Morgan fingerprint density at radius 2 is 2.28 bits per heavy atom. The van der Waals surface area contributed by atoms with Crippen LogP contribution in [0.5, 0.6) is 0 Å². The molecular weight excluding hydrogens is 348 g/mol. The van der Waals surface area contributed by atoms with Crippen molar-refractivity contribution in [2.24, 2.45) is 5.92 Å². The molecule has 10 heteroatoms. The molecule has 2 fully saturated rings. The van der Waals surface area contributed by atoms with Crippen LogP contribution in [-0.4, -0.2) is 67.4 Å². The van der Waals surface area contributed by atoms with E-state index in [9.17, 15) is 13.2 Å². The molecule has 1 amide bonds. The molecule has 140 valence electrons. The maximum absolute atomic E-state index is 12.0. The highest BCUT2D eigenvalue weighted by Gasteiger charge is 2.58. The van der Waals surface area contributed by atoms with Crippen molar-refractivity contribution in [2.75, 3.05) is 32.6 Å². The van der Waals surface area contributed by atoms with Crippen molar-refractivity contribution in [2.45, 2.75) is 38.1 Å². The summed E-state index contributed by atoms with van der Waals surface area (Å²) in [5.74, 6) is 0.843. The number of carbonyl (C=O) groups excluding carboxylic acids is 1. The third kappa shape index (κ3) is 3.56. The van der Waals surface area contributed by atoms with Gasteiger partial charge in [0.2, 0.25) is 21.8 Å². The zero-order valence-electron chi connectivity index (χ0n) is 14.7. The van der Waals surface area contributed by atoms with Crippen LogP contribution >= 0.6 is 0 Å². The largest absolute Gasteiger partial charge is 0.372 e. The van der Waals surface area contributed by atoms with Gasteiger partial charge in [-0.1, -0.05) is 5.16 Å². The van der Waals surface area contributed by atoms with Gasteiger partial charge in [0.05, 0.1) is 11.7 Å². The van der Waals surface area contributed by atoms with Crippen LogP contribution in [0.2, 0.25) is 0 Å². The molecule has 3 atom stereocenters. The normalized spacial score (nSPS) is 29.7. The quantitative estimate of drug-likeness (QED) is 0.737. The summed E-state index contributed by atoms with van der Waals surface area (Å²) < 4.78 is 36.0. The van der Waals surface area contributed by atoms with Crippen molar-refractivity contribution in [1.82, 2.24) is 19.8 Å². The van der Waals surface area contributed by atoms with Crippen molar-refractivity contribution in [3.8, 4) is 0 Å². The molecule has 0 spiro atoms. The number of aromatic nitrogens is 2. The molecule has 2 heterocycles. The van der Waals surface area contributed by atoms with E-state index >= 15 is 0 Å². The van der Waals surface area contributed by atoms with E-state index in [1.54, 1.807) is 6.92 Å². The fourth-order valence-corrected chi connectivity index (χ4v) is 4.90. The SMILES string of the molecule is CCOCC(=O)N[C@@H]1C[C@H]2CN(S(C)(=O)=O)C[C@@]2(c2nc(C)no2)C1. The summed E-state index contributed by atoms with van der Waals surface area (Å²) in [7, 11) is -3.30. The summed E-state index contributed by atoms with van der Waals surface area (Å²) in [6, 6.07) is -0.0631. The van der Waals surface area contributed by atoms with E-state index in [4.69, 9.17) is 9.26 Å². The van der Waals surface area contributed by atoms with Gasteiger partial charge < -0.3 is 14.6 Å². The average molecular weight is 372 g/mol. The molecule has 1 aromatic rings. The lowest BCUT2D eigenvalue weighted by Crippen LogP contribution is -2.40. The first-order valence-electron chi connectivity index (χ1n) is 8.37. The number of sulfonamides is 1. The molecule has 0 unspecified atom stereocenters. The molecule has 1 aliphatic carbocycles. The van der Waals surface area contributed by atoms with Crippen LogP contribution in [0.25, 0.3) is 0 Å². The molecule has 1 N–H and O–H groups in total. The van der Waals surface area contributed by atoms with E-state index in [0.717, 1.165) is 0 Å². The first kappa shape index (κ1) is 18.3. The van der Waals surface area contributed by atoms with Crippen molar-refractivity contribution in [3.05, 3.63) is 11.7 Å². The highest BCUT2D eigenvalue weighted by molar-refractivity contribution is 7.88. The molecule has 1 aromatic heterocycles. The number of fused-ring (bicyclic) bond motifs is 1. The topological polar surface area (TPSA) is 115 Å². The molecule has 1 aliphatic heterocycles. The standard InChI is InChI=1S/C15H24N4O5S/c1-4-23-8-13(20)17-12-5-11-7-19(25(3,21)22)9-15(11,6-12)14-16-10(2)18-24-14/h11-12H,4-9H2,1-3H3,(H,17,20)/t11-,12+,15-/m0/s1. The molecule has 1 saturated heterocycles. The molecule has 3 rings (SSSR count). The van der Waals surface area contributed by atoms with Crippen LogP contribution in [-0.2, 0) is 25.0 Å². The van der Waals surface area contributed by atoms with Crippen molar-refractivity contribution in [3.63, 3.8) is 0 Å². The van der Waals surface area contributed by atoms with E-state index in [0.29, 0.717) is 44.3 Å². The number of nitrogens with one attached hydrogen (secondary N) is 1. The van der Waals surface area contributed by atoms with Crippen LogP contribution in [0, 0.1) is 12.8 Å². The Hall–Kier alpha value is -1.52. The molecular formula is C15H24N4O5S. The Kier molecular flexibility index (Phi) is 4.86. The summed E-state index contributed by atoms with van der Waals surface area (Å²) in [4.78, 5) is 16.3. The Morgan fingerprint density at radius 3 is 2.88 bits per heavy atom. The second-order valence-corrected chi connectivity index (χ2v) is 8.88. The molecule has 0 radical (unpaired) electrons. The van der Waals surface area contributed by atoms with Gasteiger partial charge in [-0.05, 0) is 32.6 Å². The zero-order chi connectivity index (χ0) is 18.2. The van der Waals surface area contributed by atoms with Gasteiger partial charge in [0.25, 0.3) is 0 Å². The van der Waals surface area contributed by atoms with Gasteiger partial charge in [-0.3, -0.25) is 4.79 Å². The van der Waals surface area contributed by atoms with E-state index in [1.807, 2.05) is 6.92 Å². The third-order valence-electron chi connectivity index (χ3n) is 5.07. The number of amides is 1. The van der Waals surface area contributed by atoms with Crippen LogP contribution < -0.4 is 5.32 Å². The number of carbonyl (C=O) groups is 1. The molecule has 9 nitrogen and oxygen atoms in total. The van der Waals surface area contributed by atoms with Crippen LogP contribution in [0.15, 0.2) is 4.52 Å². The minimum atomic E-state index is -3.30. The van der Waals surface area contributed by atoms with Crippen molar-refractivity contribution >= 4 is 15.9 Å². The van der Waals surface area contributed by atoms with Crippen LogP contribution in [0.3, 0.4) is 0 Å². The number of aryl methyl sites for hydroxylation is 1. The minimum Gasteiger partial charge on any atom is -0.372 e. The van der Waals surface area contributed by atoms with Gasteiger partial charge in [-0.2, -0.15) is 4.98 Å². The van der Waals surface area contributed by atoms with Crippen molar-refractivity contribution < 1.29 is 22.5 Å². The number of hydrogen-bond donors (Lipinski definition) is 1. The second kappa shape index (κ2) is 6.65. The van der Waals surface area contributed by atoms with E-state index < -0.39 is 15.4 Å². The van der Waals surface area contributed by atoms with Gasteiger partial charge in [-0.25, -0.2) is 12.7 Å². The van der Waals surface area contributed by atoms with E-state index in [2.05, 4.69) is 15.5 Å². The fourth-order valence-electron chi connectivity index (χ4n) is 3.98. The Labute approximate surface area is 147 Å². The number of nitrogens with zero attached hydrogens (tertiary/aromatic N) is 3. The summed E-state index contributed by atoms with van der Waals surface area (Å²) in [5, 5.41) is 6.84. The molecule has 1 saturated carbocycles. The second-order valence-electron chi connectivity index (χ2n) is 6.90. The third-order valence-corrected chi connectivity index (χ3v) is 6.28. The summed E-state index contributed by atoms with van der Waals surface area (Å²) in [6.07, 6.45) is 2.46. The van der Waals surface area contributed by atoms with Gasteiger partial charge in [-0.15, -0.1) is 0 Å². The van der Waals surface area contributed by atoms with Gasteiger partial charge >= 0.3 is 0 Å². The summed E-state index contributed by atoms with van der Waals surface area (Å²) >= 11 is 0. The summed E-state index contributed by atoms with van der Waals surface area (Å²) in [5.41, 5.74) is -0.548. The lowest BCUT2D eigenvalue weighted by atomic mass is 9.80. The Morgan fingerprint density at radius 1 is 1.52 bits per heavy atom. The van der Waals surface area contributed by atoms with E-state index in [1.165, 1.54) is 10.6 Å². The number of hydrogen-bond acceptors (Lipinski definition) is 7. The van der Waals surface area contributed by atoms with Crippen molar-refractivity contribution in [1.29, 1.82) is 0 Å². The first-order chi connectivity index (χ1) is 11.7. The maximum Gasteiger partial charge on any atom is 0.246 e.